The number of alkyl halides is 1. The second kappa shape index (κ2) is 9.60. The lowest BCUT2D eigenvalue weighted by Crippen LogP contribution is -2.30. The van der Waals surface area contributed by atoms with E-state index in [0.717, 1.165) is 36.4 Å². The van der Waals surface area contributed by atoms with Crippen molar-refractivity contribution in [1.29, 1.82) is 0 Å². The Balaban J connectivity index is 1.33. The van der Waals surface area contributed by atoms with E-state index in [1.165, 1.54) is 4.57 Å². The molecule has 168 valence electrons. The molecule has 0 spiro atoms. The largest absolute Gasteiger partial charge is 0.457 e. The van der Waals surface area contributed by atoms with Gasteiger partial charge in [0, 0.05) is 43.1 Å². The van der Waals surface area contributed by atoms with Gasteiger partial charge in [0.15, 0.2) is 6.80 Å². The number of ether oxygens (including phenoxy) is 1. The highest BCUT2D eigenvalue weighted by Gasteiger charge is 2.14. The maximum Gasteiger partial charge on any atom is 0.210 e. The SMILES string of the molecule is Bc1ccc(Nc2nc3cc(Oc4ccnc(CNC5CCNC5)c4)ccc3n2CF)cc1. The van der Waals surface area contributed by atoms with Crippen LogP contribution in [0.2, 0.25) is 0 Å². The van der Waals surface area contributed by atoms with Gasteiger partial charge in [0.1, 0.15) is 19.3 Å². The first kappa shape index (κ1) is 21.4. The molecule has 1 atom stereocenters. The van der Waals surface area contributed by atoms with Crippen LogP contribution in [0.4, 0.5) is 16.0 Å². The molecule has 1 unspecified atom stereocenters. The molecule has 1 saturated heterocycles. The zero-order chi connectivity index (χ0) is 22.6. The second-order valence-corrected chi connectivity index (χ2v) is 8.28. The van der Waals surface area contributed by atoms with Crippen molar-refractivity contribution in [2.24, 2.45) is 0 Å². The number of imidazole rings is 1. The third kappa shape index (κ3) is 4.99. The van der Waals surface area contributed by atoms with Gasteiger partial charge < -0.3 is 20.7 Å². The van der Waals surface area contributed by atoms with Crippen molar-refractivity contribution in [3.63, 3.8) is 0 Å². The molecule has 2 aromatic carbocycles. The third-order valence-corrected chi connectivity index (χ3v) is 5.80. The number of anilines is 2. The highest BCUT2D eigenvalue weighted by Crippen LogP contribution is 2.29. The summed E-state index contributed by atoms with van der Waals surface area (Å²) in [5.74, 6) is 1.79. The molecular weight excluding hydrogens is 418 g/mol. The van der Waals surface area contributed by atoms with E-state index in [2.05, 4.69) is 25.9 Å². The molecule has 3 heterocycles. The van der Waals surface area contributed by atoms with Crippen molar-refractivity contribution < 1.29 is 9.13 Å². The fourth-order valence-corrected chi connectivity index (χ4v) is 3.99. The highest BCUT2D eigenvalue weighted by molar-refractivity contribution is 6.32. The molecule has 0 amide bonds. The summed E-state index contributed by atoms with van der Waals surface area (Å²) in [4.78, 5) is 9.03. The molecule has 0 aliphatic carbocycles. The van der Waals surface area contributed by atoms with Gasteiger partial charge in [-0.15, -0.1) is 0 Å². The van der Waals surface area contributed by atoms with Crippen LogP contribution in [0, 0.1) is 0 Å². The van der Waals surface area contributed by atoms with Crippen LogP contribution in [-0.2, 0) is 13.3 Å². The van der Waals surface area contributed by atoms with Crippen molar-refractivity contribution in [3.8, 4) is 11.5 Å². The zero-order valence-corrected chi connectivity index (χ0v) is 18.5. The van der Waals surface area contributed by atoms with Gasteiger partial charge in [-0.3, -0.25) is 9.55 Å². The Labute approximate surface area is 192 Å². The van der Waals surface area contributed by atoms with E-state index >= 15 is 0 Å². The Hall–Kier alpha value is -3.43. The van der Waals surface area contributed by atoms with Gasteiger partial charge in [0.05, 0.1) is 16.7 Å². The molecule has 5 rings (SSSR count). The predicted molar refractivity (Wildman–Crippen MR) is 131 cm³/mol. The van der Waals surface area contributed by atoms with Crippen molar-refractivity contribution >= 4 is 36.0 Å². The van der Waals surface area contributed by atoms with Crippen molar-refractivity contribution in [3.05, 3.63) is 66.5 Å². The van der Waals surface area contributed by atoms with Crippen LogP contribution in [0.5, 0.6) is 11.5 Å². The van der Waals surface area contributed by atoms with E-state index in [-0.39, 0.29) is 0 Å². The Bertz CT molecular complexity index is 1240. The molecule has 4 aromatic rings. The topological polar surface area (TPSA) is 76.0 Å². The number of hydrogen-bond acceptors (Lipinski definition) is 6. The standard InChI is InChI=1S/C24H26BFN6O/c25-16-1-3-17(4-2-16)30-24-31-22-12-20(5-6-23(22)32(24)15-26)33-21-8-10-28-19(11-21)14-29-18-7-9-27-13-18/h1-6,8,10-12,18,27,29H,7,9,13-15,25H2,(H,30,31). The van der Waals surface area contributed by atoms with Gasteiger partial charge in [-0.1, -0.05) is 17.6 Å². The number of halogens is 1. The van der Waals surface area contributed by atoms with Gasteiger partial charge in [-0.05, 0) is 43.3 Å². The van der Waals surface area contributed by atoms with Crippen molar-refractivity contribution in [2.75, 3.05) is 18.4 Å². The van der Waals surface area contributed by atoms with Gasteiger partial charge in [-0.25, -0.2) is 9.37 Å². The van der Waals surface area contributed by atoms with Crippen LogP contribution in [-0.4, -0.2) is 41.5 Å². The molecule has 0 radical (unpaired) electrons. The third-order valence-electron chi connectivity index (χ3n) is 5.80. The molecule has 0 bridgehead atoms. The van der Waals surface area contributed by atoms with Crippen LogP contribution < -0.4 is 26.2 Å². The number of fused-ring (bicyclic) bond motifs is 1. The summed E-state index contributed by atoms with van der Waals surface area (Å²) in [5.41, 5.74) is 4.29. The summed E-state index contributed by atoms with van der Waals surface area (Å²) in [6.45, 7) is 2.05. The lowest BCUT2D eigenvalue weighted by Gasteiger charge is -2.11. The van der Waals surface area contributed by atoms with E-state index < -0.39 is 6.80 Å². The van der Waals surface area contributed by atoms with Crippen molar-refractivity contribution in [2.45, 2.75) is 25.8 Å². The Morgan fingerprint density at radius 1 is 1.12 bits per heavy atom. The minimum Gasteiger partial charge on any atom is -0.457 e. The molecule has 1 fully saturated rings. The fourth-order valence-electron chi connectivity index (χ4n) is 3.99. The summed E-state index contributed by atoms with van der Waals surface area (Å²) in [6, 6.07) is 17.6. The Morgan fingerprint density at radius 3 is 2.76 bits per heavy atom. The molecule has 2 aromatic heterocycles. The lowest BCUT2D eigenvalue weighted by atomic mass is 9.96. The quantitative estimate of drug-likeness (QED) is 0.363. The molecule has 3 N–H and O–H groups in total. The average molecular weight is 444 g/mol. The van der Waals surface area contributed by atoms with Crippen LogP contribution in [0.25, 0.3) is 11.0 Å². The molecule has 9 heteroatoms. The molecular formula is C24H26BFN6O. The minimum absolute atomic E-state index is 0.451. The lowest BCUT2D eigenvalue weighted by molar-refractivity contribution is 0.388. The van der Waals surface area contributed by atoms with Crippen LogP contribution in [0.1, 0.15) is 12.1 Å². The smallest absolute Gasteiger partial charge is 0.210 e. The fraction of sp³-hybridized carbons (Fsp3) is 0.250. The van der Waals surface area contributed by atoms with E-state index in [4.69, 9.17) is 4.74 Å². The number of benzene rings is 2. The number of hydrogen-bond donors (Lipinski definition) is 3. The number of nitrogens with one attached hydrogen (secondary N) is 3. The van der Waals surface area contributed by atoms with Crippen LogP contribution >= 0.6 is 0 Å². The number of pyridine rings is 1. The second-order valence-electron chi connectivity index (χ2n) is 8.28. The average Bonchev–Trinajstić information content (AvgIpc) is 3.46. The predicted octanol–water partition coefficient (Wildman–Crippen LogP) is 2.60. The Morgan fingerprint density at radius 2 is 1.97 bits per heavy atom. The van der Waals surface area contributed by atoms with E-state index in [1.54, 1.807) is 6.20 Å². The maximum atomic E-state index is 13.8. The molecule has 1 aliphatic heterocycles. The Kier molecular flexibility index (Phi) is 6.23. The van der Waals surface area contributed by atoms with E-state index in [0.29, 0.717) is 41.1 Å². The first-order chi connectivity index (χ1) is 16.2. The summed E-state index contributed by atoms with van der Waals surface area (Å²) in [5, 5.41) is 10.1. The number of nitrogens with zero attached hydrogens (tertiary/aromatic N) is 3. The first-order valence-electron chi connectivity index (χ1n) is 11.1. The minimum atomic E-state index is -0.678. The molecule has 0 saturated carbocycles. The highest BCUT2D eigenvalue weighted by atomic mass is 19.1. The van der Waals surface area contributed by atoms with E-state index in [1.807, 2.05) is 62.4 Å². The summed E-state index contributed by atoms with van der Waals surface area (Å²) < 4.78 is 21.4. The van der Waals surface area contributed by atoms with Gasteiger partial charge in [0.25, 0.3) is 0 Å². The molecule has 1 aliphatic rings. The first-order valence-corrected chi connectivity index (χ1v) is 11.1. The number of aromatic nitrogens is 3. The van der Waals surface area contributed by atoms with Crippen LogP contribution in [0.3, 0.4) is 0 Å². The van der Waals surface area contributed by atoms with Crippen LogP contribution in [0.15, 0.2) is 60.8 Å². The van der Waals surface area contributed by atoms with Gasteiger partial charge in [0.2, 0.25) is 5.95 Å². The summed E-state index contributed by atoms with van der Waals surface area (Å²) in [6.07, 6.45) is 2.88. The normalized spacial score (nSPS) is 15.7. The monoisotopic (exact) mass is 444 g/mol. The zero-order valence-electron chi connectivity index (χ0n) is 18.5. The summed E-state index contributed by atoms with van der Waals surface area (Å²) in [7, 11) is 2.03. The summed E-state index contributed by atoms with van der Waals surface area (Å²) >= 11 is 0. The van der Waals surface area contributed by atoms with Gasteiger partial charge >= 0.3 is 0 Å². The number of rotatable bonds is 8. The van der Waals surface area contributed by atoms with E-state index in [9.17, 15) is 4.39 Å². The maximum absolute atomic E-state index is 13.8. The van der Waals surface area contributed by atoms with Crippen molar-refractivity contribution in [1.82, 2.24) is 25.2 Å². The molecule has 33 heavy (non-hydrogen) atoms. The van der Waals surface area contributed by atoms with Gasteiger partial charge in [-0.2, -0.15) is 0 Å². The molecule has 7 nitrogen and oxygen atoms in total.